The summed E-state index contributed by atoms with van der Waals surface area (Å²) in [5, 5.41) is 9.54. The number of alkyl halides is 3. The largest absolute Gasteiger partial charge is 0.489 e. The summed E-state index contributed by atoms with van der Waals surface area (Å²) >= 11 is 0. The third-order valence-corrected chi connectivity index (χ3v) is 7.31. The molecule has 0 saturated carbocycles. The lowest BCUT2D eigenvalue weighted by molar-refractivity contribution is -0.137. The molecule has 1 aromatic heterocycles. The zero-order valence-electron chi connectivity index (χ0n) is 24.4. The van der Waals surface area contributed by atoms with Gasteiger partial charge in [0.1, 0.15) is 35.5 Å². The molecule has 8 heteroatoms. The highest BCUT2D eigenvalue weighted by Crippen LogP contribution is 2.36. The van der Waals surface area contributed by atoms with Gasteiger partial charge in [-0.2, -0.15) is 18.4 Å². The molecule has 5 nitrogen and oxygen atoms in total. The number of rotatable bonds is 8. The molecule has 222 valence electrons. The molecule has 0 unspecified atom stereocenters. The molecule has 0 spiro atoms. The van der Waals surface area contributed by atoms with Gasteiger partial charge in [0.05, 0.1) is 17.8 Å². The topological polar surface area (TPSA) is 64.2 Å². The molecule has 5 rings (SSSR count). The van der Waals surface area contributed by atoms with Gasteiger partial charge in [0, 0.05) is 0 Å². The Hall–Kier alpha value is -5.29. The molecule has 1 heterocycles. The number of aryl methyl sites for hydroxylation is 3. The van der Waals surface area contributed by atoms with Gasteiger partial charge in [-0.3, -0.25) is 4.79 Å². The Labute approximate surface area is 253 Å². The number of nitriles is 1. The fraction of sp³-hybridized carbons (Fsp3) is 0.167. The average molecular weight is 595 g/mol. The minimum Gasteiger partial charge on any atom is -0.489 e. The van der Waals surface area contributed by atoms with E-state index in [2.05, 4.69) is 0 Å². The number of benzene rings is 4. The Morgan fingerprint density at radius 3 is 2.16 bits per heavy atom. The predicted octanol–water partition coefficient (Wildman–Crippen LogP) is 8.75. The van der Waals surface area contributed by atoms with Crippen LogP contribution in [0, 0.1) is 32.1 Å². The Morgan fingerprint density at radius 2 is 1.52 bits per heavy atom. The molecule has 0 amide bonds. The van der Waals surface area contributed by atoms with Crippen LogP contribution in [0.2, 0.25) is 0 Å². The van der Waals surface area contributed by atoms with Crippen molar-refractivity contribution in [2.75, 3.05) is 0 Å². The maximum Gasteiger partial charge on any atom is 0.417 e. The van der Waals surface area contributed by atoms with Crippen LogP contribution < -0.4 is 15.0 Å². The lowest BCUT2D eigenvalue weighted by Crippen LogP contribution is -2.29. The number of pyridine rings is 1. The molecular weight excluding hydrogens is 565 g/mol. The van der Waals surface area contributed by atoms with Crippen LogP contribution in [0.5, 0.6) is 17.2 Å². The normalized spacial score (nSPS) is 11.2. The number of aromatic nitrogens is 1. The fourth-order valence-electron chi connectivity index (χ4n) is 4.96. The van der Waals surface area contributed by atoms with Gasteiger partial charge in [0.15, 0.2) is 0 Å². The van der Waals surface area contributed by atoms with E-state index in [1.807, 2.05) is 62.4 Å². The molecule has 0 aliphatic heterocycles. The van der Waals surface area contributed by atoms with Crippen molar-refractivity contribution < 1.29 is 22.6 Å². The second-order valence-corrected chi connectivity index (χ2v) is 10.6. The van der Waals surface area contributed by atoms with Crippen LogP contribution in [-0.2, 0) is 19.3 Å². The molecule has 4 aromatic carbocycles. The van der Waals surface area contributed by atoms with E-state index in [4.69, 9.17) is 9.47 Å². The van der Waals surface area contributed by atoms with Crippen molar-refractivity contribution in [2.24, 2.45) is 0 Å². The van der Waals surface area contributed by atoms with E-state index in [0.717, 1.165) is 28.3 Å². The summed E-state index contributed by atoms with van der Waals surface area (Å²) in [6.45, 7) is 6.02. The summed E-state index contributed by atoms with van der Waals surface area (Å²) in [6, 6.07) is 29.9. The van der Waals surface area contributed by atoms with Gasteiger partial charge >= 0.3 is 6.18 Å². The van der Waals surface area contributed by atoms with E-state index >= 15 is 0 Å². The number of hydrogen-bond donors (Lipinski definition) is 0. The third kappa shape index (κ3) is 6.68. The SMILES string of the molecule is Cc1ccc(Cn2c(-c3ccc(Oc4ccc(OCc5ccccc5)cc4)c(C)c3)cc(C(F)(F)F)c(C#N)c2=O)c(C)c1. The molecule has 44 heavy (non-hydrogen) atoms. The molecule has 0 aliphatic carbocycles. The minimum absolute atomic E-state index is 0.00306. The van der Waals surface area contributed by atoms with Crippen molar-refractivity contribution in [3.63, 3.8) is 0 Å². The molecule has 0 N–H and O–H groups in total. The lowest BCUT2D eigenvalue weighted by Gasteiger charge is -2.19. The van der Waals surface area contributed by atoms with Crippen LogP contribution in [0.15, 0.2) is 102 Å². The summed E-state index contributed by atoms with van der Waals surface area (Å²) in [5.74, 6) is 1.73. The highest BCUT2D eigenvalue weighted by molar-refractivity contribution is 5.65. The first kappa shape index (κ1) is 30.2. The van der Waals surface area contributed by atoms with Gasteiger partial charge in [0.2, 0.25) is 0 Å². The van der Waals surface area contributed by atoms with Crippen LogP contribution in [0.4, 0.5) is 13.2 Å². The smallest absolute Gasteiger partial charge is 0.417 e. The molecule has 0 bridgehead atoms. The van der Waals surface area contributed by atoms with Crippen molar-refractivity contribution in [1.29, 1.82) is 5.26 Å². The minimum atomic E-state index is -4.88. The Kier molecular flexibility index (Phi) is 8.59. The van der Waals surface area contributed by atoms with E-state index in [-0.39, 0.29) is 12.2 Å². The van der Waals surface area contributed by atoms with Crippen molar-refractivity contribution in [3.8, 4) is 34.6 Å². The lowest BCUT2D eigenvalue weighted by atomic mass is 10.0. The highest BCUT2D eigenvalue weighted by atomic mass is 19.4. The highest BCUT2D eigenvalue weighted by Gasteiger charge is 2.36. The van der Waals surface area contributed by atoms with Gasteiger partial charge in [-0.15, -0.1) is 0 Å². The van der Waals surface area contributed by atoms with Crippen LogP contribution in [0.3, 0.4) is 0 Å². The zero-order chi connectivity index (χ0) is 31.4. The van der Waals surface area contributed by atoms with E-state index in [1.54, 1.807) is 49.4 Å². The molecule has 0 radical (unpaired) electrons. The molecule has 0 atom stereocenters. The second kappa shape index (κ2) is 12.5. The zero-order valence-corrected chi connectivity index (χ0v) is 24.4. The Morgan fingerprint density at radius 1 is 0.818 bits per heavy atom. The summed E-state index contributed by atoms with van der Waals surface area (Å²) < 4.78 is 55.1. The first-order valence-corrected chi connectivity index (χ1v) is 13.9. The van der Waals surface area contributed by atoms with Crippen LogP contribution in [0.25, 0.3) is 11.3 Å². The van der Waals surface area contributed by atoms with Crippen molar-refractivity contribution in [1.82, 2.24) is 4.57 Å². The van der Waals surface area contributed by atoms with E-state index in [1.165, 1.54) is 10.6 Å². The maximum atomic E-state index is 14.0. The van der Waals surface area contributed by atoms with Crippen LogP contribution >= 0.6 is 0 Å². The Balaban J connectivity index is 1.46. The maximum absolute atomic E-state index is 14.0. The molecule has 0 aliphatic rings. The van der Waals surface area contributed by atoms with Gasteiger partial charge < -0.3 is 14.0 Å². The predicted molar refractivity (Wildman–Crippen MR) is 163 cm³/mol. The van der Waals surface area contributed by atoms with Gasteiger partial charge in [-0.25, -0.2) is 0 Å². The number of ether oxygens (including phenoxy) is 2. The number of halogens is 3. The summed E-state index contributed by atoms with van der Waals surface area (Å²) in [5.41, 5.74) is 1.61. The van der Waals surface area contributed by atoms with E-state index < -0.39 is 22.9 Å². The number of nitrogens with zero attached hydrogens (tertiary/aromatic N) is 2. The molecular formula is C36H29F3N2O3. The van der Waals surface area contributed by atoms with Crippen molar-refractivity contribution >= 4 is 0 Å². The summed E-state index contributed by atoms with van der Waals surface area (Å²) in [4.78, 5) is 13.4. The van der Waals surface area contributed by atoms with Crippen molar-refractivity contribution in [3.05, 3.63) is 146 Å². The van der Waals surface area contributed by atoms with Crippen LogP contribution in [0.1, 0.15) is 38.9 Å². The van der Waals surface area contributed by atoms with Crippen LogP contribution in [-0.4, -0.2) is 4.57 Å². The monoisotopic (exact) mass is 594 g/mol. The summed E-state index contributed by atoms with van der Waals surface area (Å²) in [7, 11) is 0. The third-order valence-electron chi connectivity index (χ3n) is 7.31. The molecule has 0 fully saturated rings. The second-order valence-electron chi connectivity index (χ2n) is 10.6. The first-order valence-electron chi connectivity index (χ1n) is 13.9. The van der Waals surface area contributed by atoms with Gasteiger partial charge in [-0.1, -0.05) is 54.1 Å². The number of hydrogen-bond acceptors (Lipinski definition) is 4. The van der Waals surface area contributed by atoms with Gasteiger partial charge in [-0.05, 0) is 97.1 Å². The molecule has 5 aromatic rings. The standard InChI is InChI=1S/C36H29F3N2O3/c1-23-9-10-28(24(2)17-23)21-41-33(19-32(36(37,38)39)31(20-40)35(41)42)27-11-16-34(25(3)18-27)44-30-14-12-29(13-15-30)43-22-26-7-5-4-6-8-26/h4-19H,21-22H2,1-3H3. The summed E-state index contributed by atoms with van der Waals surface area (Å²) in [6.07, 6.45) is -4.88. The fourth-order valence-corrected chi connectivity index (χ4v) is 4.96. The van der Waals surface area contributed by atoms with Gasteiger partial charge in [0.25, 0.3) is 5.56 Å². The molecule has 0 saturated heterocycles. The van der Waals surface area contributed by atoms with Crippen molar-refractivity contribution in [2.45, 2.75) is 40.1 Å². The first-order chi connectivity index (χ1) is 21.0. The Bertz CT molecular complexity index is 1910. The van der Waals surface area contributed by atoms with E-state index in [0.29, 0.717) is 35.0 Å². The average Bonchev–Trinajstić information content (AvgIpc) is 2.99. The quantitative estimate of drug-likeness (QED) is 0.180. The van der Waals surface area contributed by atoms with E-state index in [9.17, 15) is 23.2 Å².